The highest BCUT2D eigenvalue weighted by Crippen LogP contribution is 2.40. The van der Waals surface area contributed by atoms with Gasteiger partial charge in [0.05, 0.1) is 29.4 Å². The summed E-state index contributed by atoms with van der Waals surface area (Å²) in [4.78, 5) is 26.5. The summed E-state index contributed by atoms with van der Waals surface area (Å²) in [6.45, 7) is 4.91. The molecule has 2 saturated heterocycles. The average Bonchev–Trinajstić information content (AvgIpc) is 3.12. The van der Waals surface area contributed by atoms with E-state index < -0.39 is 52.6 Å². The van der Waals surface area contributed by atoms with E-state index in [4.69, 9.17) is 4.74 Å². The number of nitrogens with zero attached hydrogens (tertiary/aromatic N) is 1. The van der Waals surface area contributed by atoms with Gasteiger partial charge in [0.15, 0.2) is 0 Å². The first-order valence-corrected chi connectivity index (χ1v) is 12.2. The first-order chi connectivity index (χ1) is 18.2. The van der Waals surface area contributed by atoms with E-state index in [0.29, 0.717) is 12.1 Å². The minimum Gasteiger partial charge on any atom is -0.372 e. The van der Waals surface area contributed by atoms with Gasteiger partial charge < -0.3 is 15.4 Å². The van der Waals surface area contributed by atoms with E-state index in [0.717, 1.165) is 10.5 Å². The van der Waals surface area contributed by atoms with Crippen LogP contribution in [-0.4, -0.2) is 42.1 Å². The number of urea groups is 1. The number of amides is 3. The fraction of sp³-hybridized carbons (Fsp3) is 0.407. The SMILES string of the molecule is C=CCN1C(=O)N[C@@]2(CC[C@@](CO[C@H](C)c3cc(C(F)(F)F)cc(C(F)(F)F)c3)(c3ccccc3)NC2)C1=O. The molecule has 39 heavy (non-hydrogen) atoms. The Morgan fingerprint density at radius 2 is 1.64 bits per heavy atom. The molecule has 0 radical (unpaired) electrons. The number of carbonyl (C=O) groups excluding carboxylic acids is 2. The summed E-state index contributed by atoms with van der Waals surface area (Å²) in [6.07, 6.45) is -9.12. The Morgan fingerprint density at radius 3 is 2.15 bits per heavy atom. The van der Waals surface area contributed by atoms with Gasteiger partial charge in [-0.25, -0.2) is 4.79 Å². The summed E-state index contributed by atoms with van der Waals surface area (Å²) in [5, 5.41) is 6.05. The van der Waals surface area contributed by atoms with Crippen LogP contribution in [0.1, 0.15) is 48.1 Å². The third-order valence-corrected chi connectivity index (χ3v) is 7.25. The number of halogens is 6. The third kappa shape index (κ3) is 5.67. The molecule has 2 aromatic rings. The van der Waals surface area contributed by atoms with Gasteiger partial charge >= 0.3 is 18.4 Å². The van der Waals surface area contributed by atoms with Crippen LogP contribution in [0.2, 0.25) is 0 Å². The number of alkyl halides is 6. The van der Waals surface area contributed by atoms with Crippen molar-refractivity contribution in [3.8, 4) is 0 Å². The molecule has 12 heteroatoms. The molecule has 3 atom stereocenters. The molecule has 2 aromatic carbocycles. The maximum absolute atomic E-state index is 13.4. The van der Waals surface area contributed by atoms with Crippen molar-refractivity contribution in [3.05, 3.63) is 83.4 Å². The van der Waals surface area contributed by atoms with Gasteiger partial charge in [-0.2, -0.15) is 26.3 Å². The summed E-state index contributed by atoms with van der Waals surface area (Å²) in [6, 6.07) is 9.82. The van der Waals surface area contributed by atoms with E-state index in [-0.39, 0.29) is 44.2 Å². The van der Waals surface area contributed by atoms with Gasteiger partial charge in [0.1, 0.15) is 5.54 Å². The highest BCUT2D eigenvalue weighted by molar-refractivity contribution is 6.07. The summed E-state index contributed by atoms with van der Waals surface area (Å²) in [7, 11) is 0. The number of hydrogen-bond acceptors (Lipinski definition) is 4. The molecule has 0 bridgehead atoms. The van der Waals surface area contributed by atoms with Crippen molar-refractivity contribution in [1.82, 2.24) is 15.5 Å². The second-order valence-electron chi connectivity index (χ2n) is 9.81. The van der Waals surface area contributed by atoms with Gasteiger partial charge in [-0.05, 0) is 49.1 Å². The molecule has 2 N–H and O–H groups in total. The molecule has 2 aliphatic rings. The minimum absolute atomic E-state index is 0.0413. The number of imide groups is 1. The van der Waals surface area contributed by atoms with Gasteiger partial charge in [-0.3, -0.25) is 9.69 Å². The molecular weight excluding hydrogens is 528 g/mol. The molecule has 1 spiro atoms. The maximum Gasteiger partial charge on any atom is 0.416 e. The van der Waals surface area contributed by atoms with Crippen molar-refractivity contribution >= 4 is 11.9 Å². The lowest BCUT2D eigenvalue weighted by molar-refractivity contribution is -0.143. The zero-order valence-corrected chi connectivity index (χ0v) is 21.0. The largest absolute Gasteiger partial charge is 0.416 e. The summed E-state index contributed by atoms with van der Waals surface area (Å²) in [5.74, 6) is -0.403. The molecule has 3 amide bonds. The molecule has 6 nitrogen and oxygen atoms in total. The first-order valence-electron chi connectivity index (χ1n) is 12.2. The smallest absolute Gasteiger partial charge is 0.372 e. The number of piperidine rings is 1. The molecule has 2 heterocycles. The predicted molar refractivity (Wildman–Crippen MR) is 129 cm³/mol. The van der Waals surface area contributed by atoms with Gasteiger partial charge in [0, 0.05) is 13.1 Å². The van der Waals surface area contributed by atoms with Crippen LogP contribution in [-0.2, 0) is 27.4 Å². The Kier molecular flexibility index (Phi) is 7.56. The van der Waals surface area contributed by atoms with Crippen molar-refractivity contribution in [2.75, 3.05) is 19.7 Å². The van der Waals surface area contributed by atoms with Crippen LogP contribution < -0.4 is 10.6 Å². The van der Waals surface area contributed by atoms with Crippen molar-refractivity contribution in [2.45, 2.75) is 49.3 Å². The number of rotatable bonds is 7. The standard InChI is InChI=1S/C27H27F6N3O3/c1-3-11-36-22(37)24(35-23(36)38)9-10-25(34-15-24,19-7-5-4-6-8-19)16-39-17(2)18-12-20(26(28,29)30)14-21(13-18)27(31,32)33/h3-8,12-14,17,34H,1,9-11,15-16H2,2H3,(H,35,38)/t17-,24-,25-/m1/s1. The second-order valence-corrected chi connectivity index (χ2v) is 9.81. The lowest BCUT2D eigenvalue weighted by Crippen LogP contribution is -2.64. The monoisotopic (exact) mass is 555 g/mol. The molecule has 2 aliphatic heterocycles. The summed E-state index contributed by atoms with van der Waals surface area (Å²) in [5.41, 5.74) is -4.47. The number of carbonyl (C=O) groups is 2. The summed E-state index contributed by atoms with van der Waals surface area (Å²) < 4.78 is 86.1. The predicted octanol–water partition coefficient (Wildman–Crippen LogP) is 5.56. The van der Waals surface area contributed by atoms with Crippen LogP contribution in [0, 0.1) is 0 Å². The number of hydrogen-bond donors (Lipinski definition) is 2. The molecule has 2 fully saturated rings. The Balaban J connectivity index is 1.59. The molecule has 0 unspecified atom stereocenters. The lowest BCUT2D eigenvalue weighted by Gasteiger charge is -2.45. The summed E-state index contributed by atoms with van der Waals surface area (Å²) >= 11 is 0. The average molecular weight is 556 g/mol. The molecule has 0 aromatic heterocycles. The van der Waals surface area contributed by atoms with E-state index in [2.05, 4.69) is 17.2 Å². The third-order valence-electron chi connectivity index (χ3n) is 7.25. The molecule has 210 valence electrons. The highest BCUT2D eigenvalue weighted by Gasteiger charge is 2.55. The van der Waals surface area contributed by atoms with Crippen molar-refractivity contribution < 1.29 is 40.7 Å². The quantitative estimate of drug-likeness (QED) is 0.267. The van der Waals surface area contributed by atoms with Crippen LogP contribution in [0.5, 0.6) is 0 Å². The first kappa shape index (κ1) is 28.6. The maximum atomic E-state index is 13.4. The number of nitrogens with one attached hydrogen (secondary N) is 2. The Hall–Kier alpha value is -3.38. The number of ether oxygens (including phenoxy) is 1. The van der Waals surface area contributed by atoms with E-state index in [9.17, 15) is 35.9 Å². The zero-order chi connectivity index (χ0) is 28.6. The van der Waals surface area contributed by atoms with Crippen LogP contribution in [0.15, 0.2) is 61.2 Å². The molecule has 0 saturated carbocycles. The van der Waals surface area contributed by atoms with Gasteiger partial charge in [-0.15, -0.1) is 6.58 Å². The lowest BCUT2D eigenvalue weighted by atomic mass is 9.76. The number of benzene rings is 2. The van der Waals surface area contributed by atoms with E-state index in [1.165, 1.54) is 13.0 Å². The minimum atomic E-state index is -4.97. The topological polar surface area (TPSA) is 70.7 Å². The Bertz CT molecular complexity index is 1210. The van der Waals surface area contributed by atoms with Crippen molar-refractivity contribution in [1.29, 1.82) is 0 Å². The van der Waals surface area contributed by atoms with Gasteiger partial charge in [-0.1, -0.05) is 36.4 Å². The van der Waals surface area contributed by atoms with Gasteiger partial charge in [0.2, 0.25) is 0 Å². The molecular formula is C27H27F6N3O3. The van der Waals surface area contributed by atoms with E-state index in [1.807, 2.05) is 12.1 Å². The normalized spacial score (nSPS) is 24.6. The van der Waals surface area contributed by atoms with E-state index >= 15 is 0 Å². The fourth-order valence-corrected chi connectivity index (χ4v) is 4.97. The van der Waals surface area contributed by atoms with Crippen LogP contribution in [0.3, 0.4) is 0 Å². The van der Waals surface area contributed by atoms with E-state index in [1.54, 1.807) is 18.2 Å². The van der Waals surface area contributed by atoms with Crippen molar-refractivity contribution in [2.24, 2.45) is 0 Å². The van der Waals surface area contributed by atoms with Crippen LogP contribution in [0.25, 0.3) is 0 Å². The highest BCUT2D eigenvalue weighted by atomic mass is 19.4. The molecule has 0 aliphatic carbocycles. The molecule has 4 rings (SSSR count). The second kappa shape index (κ2) is 10.3. The fourth-order valence-electron chi connectivity index (χ4n) is 4.97. The van der Waals surface area contributed by atoms with Crippen molar-refractivity contribution in [3.63, 3.8) is 0 Å². The van der Waals surface area contributed by atoms with Gasteiger partial charge in [0.25, 0.3) is 5.91 Å². The van der Waals surface area contributed by atoms with Crippen LogP contribution in [0.4, 0.5) is 31.1 Å². The Labute approximate surface area is 221 Å². The zero-order valence-electron chi connectivity index (χ0n) is 21.0. The van der Waals surface area contributed by atoms with Crippen LogP contribution >= 0.6 is 0 Å². The Morgan fingerprint density at radius 1 is 1.03 bits per heavy atom.